The highest BCUT2D eigenvalue weighted by Gasteiger charge is 2.15. The van der Waals surface area contributed by atoms with Crippen LogP contribution in [0.5, 0.6) is 0 Å². The molecular formula is C18H20ClNO2. The van der Waals surface area contributed by atoms with E-state index in [1.807, 2.05) is 69.3 Å². The first-order valence-electron chi connectivity index (χ1n) is 7.15. The van der Waals surface area contributed by atoms with Crippen LogP contribution in [-0.2, 0) is 11.3 Å². The van der Waals surface area contributed by atoms with Crippen molar-refractivity contribution in [1.82, 2.24) is 5.32 Å². The lowest BCUT2D eigenvalue weighted by atomic mass is 10.0. The van der Waals surface area contributed by atoms with Crippen molar-refractivity contribution in [3.63, 3.8) is 0 Å². The van der Waals surface area contributed by atoms with Crippen molar-refractivity contribution in [3.05, 3.63) is 59.1 Å². The van der Waals surface area contributed by atoms with Crippen LogP contribution >= 0.6 is 11.6 Å². The maximum Gasteiger partial charge on any atom is 0.407 e. The van der Waals surface area contributed by atoms with Crippen LogP contribution in [0, 0.1) is 0 Å². The number of carbonyl (C=O) groups is 1. The Balaban J connectivity index is 1.95. The van der Waals surface area contributed by atoms with Gasteiger partial charge < -0.3 is 10.1 Å². The number of hydrogen-bond donors (Lipinski definition) is 1. The number of halogens is 1. The van der Waals surface area contributed by atoms with Gasteiger partial charge in [-0.3, -0.25) is 0 Å². The number of alkyl carbamates (subject to hydrolysis) is 1. The van der Waals surface area contributed by atoms with Crippen molar-refractivity contribution in [2.45, 2.75) is 32.9 Å². The molecule has 0 heterocycles. The molecule has 2 aromatic carbocycles. The molecule has 0 radical (unpaired) electrons. The highest BCUT2D eigenvalue weighted by Crippen LogP contribution is 2.21. The van der Waals surface area contributed by atoms with Crippen LogP contribution in [-0.4, -0.2) is 11.7 Å². The molecule has 0 aromatic heterocycles. The van der Waals surface area contributed by atoms with Crippen LogP contribution in [0.2, 0.25) is 5.02 Å². The van der Waals surface area contributed by atoms with Gasteiger partial charge in [0.05, 0.1) is 0 Å². The maximum absolute atomic E-state index is 11.6. The molecule has 2 rings (SSSR count). The van der Waals surface area contributed by atoms with Crippen LogP contribution < -0.4 is 5.32 Å². The average Bonchev–Trinajstić information content (AvgIpc) is 2.45. The second-order valence-corrected chi connectivity index (χ2v) is 6.50. The summed E-state index contributed by atoms with van der Waals surface area (Å²) in [6.45, 7) is 5.96. The molecule has 0 unspecified atom stereocenters. The van der Waals surface area contributed by atoms with Gasteiger partial charge in [-0.15, -0.1) is 0 Å². The molecule has 3 nitrogen and oxygen atoms in total. The summed E-state index contributed by atoms with van der Waals surface area (Å²) in [7, 11) is 0. The lowest BCUT2D eigenvalue weighted by Gasteiger charge is -2.19. The van der Waals surface area contributed by atoms with Gasteiger partial charge in [-0.25, -0.2) is 4.79 Å². The second-order valence-electron chi connectivity index (χ2n) is 6.06. The van der Waals surface area contributed by atoms with Crippen molar-refractivity contribution >= 4 is 17.7 Å². The Labute approximate surface area is 136 Å². The normalized spacial score (nSPS) is 11.1. The van der Waals surface area contributed by atoms with E-state index in [0.717, 1.165) is 21.7 Å². The highest BCUT2D eigenvalue weighted by atomic mass is 35.5. The van der Waals surface area contributed by atoms with Crippen LogP contribution in [0.15, 0.2) is 48.5 Å². The van der Waals surface area contributed by atoms with Gasteiger partial charge in [0.25, 0.3) is 0 Å². The van der Waals surface area contributed by atoms with E-state index in [2.05, 4.69) is 5.32 Å². The van der Waals surface area contributed by atoms with Crippen molar-refractivity contribution in [3.8, 4) is 11.1 Å². The molecular weight excluding hydrogens is 298 g/mol. The fourth-order valence-corrected chi connectivity index (χ4v) is 2.07. The third kappa shape index (κ3) is 5.08. The summed E-state index contributed by atoms with van der Waals surface area (Å²) in [5.41, 5.74) is 2.75. The molecule has 0 atom stereocenters. The van der Waals surface area contributed by atoms with E-state index in [0.29, 0.717) is 6.54 Å². The molecule has 1 N–H and O–H groups in total. The summed E-state index contributed by atoms with van der Waals surface area (Å²) in [5, 5.41) is 3.47. The Morgan fingerprint density at radius 1 is 1.00 bits per heavy atom. The molecule has 0 aliphatic carbocycles. The largest absolute Gasteiger partial charge is 0.444 e. The summed E-state index contributed by atoms with van der Waals surface area (Å²) < 4.78 is 5.20. The highest BCUT2D eigenvalue weighted by molar-refractivity contribution is 6.30. The minimum absolute atomic E-state index is 0.408. The molecule has 0 saturated heterocycles. The van der Waals surface area contributed by atoms with Gasteiger partial charge in [0, 0.05) is 11.6 Å². The number of rotatable bonds is 3. The van der Waals surface area contributed by atoms with Crippen LogP contribution in [0.4, 0.5) is 4.79 Å². The molecule has 0 fully saturated rings. The van der Waals surface area contributed by atoms with Crippen LogP contribution in [0.1, 0.15) is 26.3 Å². The van der Waals surface area contributed by atoms with Gasteiger partial charge in [0.2, 0.25) is 0 Å². The fraction of sp³-hybridized carbons (Fsp3) is 0.278. The van der Waals surface area contributed by atoms with Crippen molar-refractivity contribution in [2.75, 3.05) is 0 Å². The van der Waals surface area contributed by atoms with E-state index in [1.165, 1.54) is 0 Å². The molecule has 0 bridgehead atoms. The van der Waals surface area contributed by atoms with Gasteiger partial charge in [-0.1, -0.05) is 48.0 Å². The smallest absolute Gasteiger partial charge is 0.407 e. The zero-order valence-electron chi connectivity index (χ0n) is 13.0. The predicted molar refractivity (Wildman–Crippen MR) is 90.0 cm³/mol. The van der Waals surface area contributed by atoms with E-state index < -0.39 is 11.7 Å². The van der Waals surface area contributed by atoms with Gasteiger partial charge in [-0.05, 0) is 49.6 Å². The lowest BCUT2D eigenvalue weighted by Crippen LogP contribution is -2.32. The van der Waals surface area contributed by atoms with Crippen molar-refractivity contribution in [2.24, 2.45) is 0 Å². The predicted octanol–water partition coefficient (Wildman–Crippen LogP) is 5.03. The van der Waals surface area contributed by atoms with Crippen LogP contribution in [0.3, 0.4) is 0 Å². The Morgan fingerprint density at radius 2 is 1.50 bits per heavy atom. The zero-order valence-corrected chi connectivity index (χ0v) is 13.8. The number of ether oxygens (including phenoxy) is 1. The molecule has 22 heavy (non-hydrogen) atoms. The minimum Gasteiger partial charge on any atom is -0.444 e. The van der Waals surface area contributed by atoms with Gasteiger partial charge in [0.1, 0.15) is 5.60 Å². The number of nitrogens with one attached hydrogen (secondary N) is 1. The Hall–Kier alpha value is -2.00. The molecule has 0 aliphatic heterocycles. The summed E-state index contributed by atoms with van der Waals surface area (Å²) in [6.07, 6.45) is -0.408. The fourth-order valence-electron chi connectivity index (χ4n) is 1.95. The number of carbonyl (C=O) groups excluding carboxylic acids is 1. The Kier molecular flexibility index (Phi) is 5.09. The van der Waals surface area contributed by atoms with Gasteiger partial charge in [-0.2, -0.15) is 0 Å². The summed E-state index contributed by atoms with van der Waals surface area (Å²) in [6, 6.07) is 15.7. The Morgan fingerprint density at radius 3 is 2.00 bits per heavy atom. The maximum atomic E-state index is 11.6. The average molecular weight is 318 g/mol. The molecule has 1 amide bonds. The third-order valence-corrected chi connectivity index (χ3v) is 3.22. The SMILES string of the molecule is CC(C)(C)OC(=O)NCc1ccc(-c2ccc(Cl)cc2)cc1. The van der Waals surface area contributed by atoms with E-state index in [9.17, 15) is 4.79 Å². The van der Waals surface area contributed by atoms with Gasteiger partial charge in [0.15, 0.2) is 0 Å². The third-order valence-electron chi connectivity index (χ3n) is 2.97. The number of benzene rings is 2. The van der Waals surface area contributed by atoms with Crippen molar-refractivity contribution in [1.29, 1.82) is 0 Å². The van der Waals surface area contributed by atoms with E-state index in [-0.39, 0.29) is 0 Å². The lowest BCUT2D eigenvalue weighted by molar-refractivity contribution is 0.0523. The molecule has 0 aliphatic rings. The first-order valence-corrected chi connectivity index (χ1v) is 7.53. The second kappa shape index (κ2) is 6.84. The quantitative estimate of drug-likeness (QED) is 0.862. The van der Waals surface area contributed by atoms with E-state index in [4.69, 9.17) is 16.3 Å². The minimum atomic E-state index is -0.484. The van der Waals surface area contributed by atoms with Crippen molar-refractivity contribution < 1.29 is 9.53 Å². The van der Waals surface area contributed by atoms with Crippen LogP contribution in [0.25, 0.3) is 11.1 Å². The van der Waals surface area contributed by atoms with E-state index >= 15 is 0 Å². The monoisotopic (exact) mass is 317 g/mol. The molecule has 0 saturated carbocycles. The Bertz CT molecular complexity index is 628. The first-order chi connectivity index (χ1) is 10.3. The molecule has 116 valence electrons. The summed E-state index contributed by atoms with van der Waals surface area (Å²) in [5.74, 6) is 0. The topological polar surface area (TPSA) is 38.3 Å². The number of amides is 1. The number of hydrogen-bond acceptors (Lipinski definition) is 2. The molecule has 4 heteroatoms. The van der Waals surface area contributed by atoms with E-state index in [1.54, 1.807) is 0 Å². The summed E-state index contributed by atoms with van der Waals surface area (Å²) in [4.78, 5) is 11.6. The van der Waals surface area contributed by atoms with Gasteiger partial charge >= 0.3 is 6.09 Å². The summed E-state index contributed by atoms with van der Waals surface area (Å²) >= 11 is 5.89. The zero-order chi connectivity index (χ0) is 16.2. The molecule has 0 spiro atoms. The molecule has 2 aromatic rings. The standard InChI is InChI=1S/C18H20ClNO2/c1-18(2,3)22-17(21)20-12-13-4-6-14(7-5-13)15-8-10-16(19)11-9-15/h4-11H,12H2,1-3H3,(H,20,21). The first kappa shape index (κ1) is 16.4.